The third kappa shape index (κ3) is 3.45. The molecular formula is C12H11BrN4OS. The van der Waals surface area contributed by atoms with Crippen molar-refractivity contribution in [3.05, 3.63) is 34.3 Å². The SMILES string of the molecule is CC(=O)c1ccc(Sc2nc(N)cc(N)n2)cc1Br. The Hall–Kier alpha value is -1.60. The molecule has 0 aliphatic rings. The van der Waals surface area contributed by atoms with Crippen LogP contribution in [0.2, 0.25) is 0 Å². The number of anilines is 2. The highest BCUT2D eigenvalue weighted by Gasteiger charge is 2.08. The molecule has 4 N–H and O–H groups in total. The minimum atomic E-state index is 0.00729. The fourth-order valence-corrected chi connectivity index (χ4v) is 3.09. The summed E-state index contributed by atoms with van der Waals surface area (Å²) in [4.78, 5) is 20.4. The van der Waals surface area contributed by atoms with Crippen LogP contribution in [0, 0.1) is 0 Å². The maximum absolute atomic E-state index is 11.3. The number of benzene rings is 1. The average molecular weight is 339 g/mol. The molecule has 0 atom stereocenters. The Bertz CT molecular complexity index is 627. The summed E-state index contributed by atoms with van der Waals surface area (Å²) >= 11 is 4.69. The highest BCUT2D eigenvalue weighted by molar-refractivity contribution is 9.10. The van der Waals surface area contributed by atoms with E-state index in [2.05, 4.69) is 25.9 Å². The molecule has 0 unspecified atom stereocenters. The van der Waals surface area contributed by atoms with Gasteiger partial charge in [-0.1, -0.05) is 15.9 Å². The van der Waals surface area contributed by atoms with Crippen molar-refractivity contribution in [3.8, 4) is 0 Å². The number of nitrogens with two attached hydrogens (primary N) is 2. The number of carbonyl (C=O) groups is 1. The zero-order valence-corrected chi connectivity index (χ0v) is 12.5. The van der Waals surface area contributed by atoms with E-state index >= 15 is 0 Å². The molecule has 0 amide bonds. The van der Waals surface area contributed by atoms with Gasteiger partial charge < -0.3 is 11.5 Å². The van der Waals surface area contributed by atoms with E-state index in [1.165, 1.54) is 24.8 Å². The van der Waals surface area contributed by atoms with Gasteiger partial charge in [0.05, 0.1) is 0 Å². The topological polar surface area (TPSA) is 94.9 Å². The first kappa shape index (κ1) is 13.8. The van der Waals surface area contributed by atoms with Crippen molar-refractivity contribution in [2.75, 3.05) is 11.5 Å². The molecule has 0 saturated carbocycles. The van der Waals surface area contributed by atoms with E-state index in [0.29, 0.717) is 22.4 Å². The fraction of sp³-hybridized carbons (Fsp3) is 0.0833. The van der Waals surface area contributed by atoms with Crippen LogP contribution in [0.3, 0.4) is 0 Å². The summed E-state index contributed by atoms with van der Waals surface area (Å²) in [6.07, 6.45) is 0. The number of hydrogen-bond acceptors (Lipinski definition) is 6. The van der Waals surface area contributed by atoms with Crippen LogP contribution in [-0.4, -0.2) is 15.8 Å². The maximum atomic E-state index is 11.3. The number of aromatic nitrogens is 2. The lowest BCUT2D eigenvalue weighted by atomic mass is 10.2. The van der Waals surface area contributed by atoms with E-state index < -0.39 is 0 Å². The first-order valence-corrected chi connectivity index (χ1v) is 6.95. The van der Waals surface area contributed by atoms with Crippen molar-refractivity contribution < 1.29 is 4.79 Å². The van der Waals surface area contributed by atoms with E-state index in [0.717, 1.165) is 9.37 Å². The van der Waals surface area contributed by atoms with Gasteiger partial charge in [-0.05, 0) is 36.9 Å². The van der Waals surface area contributed by atoms with E-state index in [4.69, 9.17) is 11.5 Å². The maximum Gasteiger partial charge on any atom is 0.196 e. The molecule has 1 heterocycles. The summed E-state index contributed by atoms with van der Waals surface area (Å²) < 4.78 is 0.738. The van der Waals surface area contributed by atoms with E-state index in [1.807, 2.05) is 12.1 Å². The zero-order valence-electron chi connectivity index (χ0n) is 10.1. The molecule has 19 heavy (non-hydrogen) atoms. The van der Waals surface area contributed by atoms with Crippen molar-refractivity contribution in [2.45, 2.75) is 17.0 Å². The molecule has 7 heteroatoms. The van der Waals surface area contributed by atoms with Crippen LogP contribution in [0.1, 0.15) is 17.3 Å². The predicted molar refractivity (Wildman–Crippen MR) is 79.1 cm³/mol. The minimum Gasteiger partial charge on any atom is -0.383 e. The quantitative estimate of drug-likeness (QED) is 0.659. The Kier molecular flexibility index (Phi) is 4.06. The van der Waals surface area contributed by atoms with Crippen LogP contribution in [-0.2, 0) is 0 Å². The van der Waals surface area contributed by atoms with Gasteiger partial charge in [0, 0.05) is 21.0 Å². The Labute approximate surface area is 122 Å². The third-order valence-electron chi connectivity index (χ3n) is 2.27. The van der Waals surface area contributed by atoms with Gasteiger partial charge in [-0.15, -0.1) is 0 Å². The van der Waals surface area contributed by atoms with Crippen molar-refractivity contribution in [1.29, 1.82) is 0 Å². The second kappa shape index (κ2) is 5.58. The third-order valence-corrected chi connectivity index (χ3v) is 3.79. The van der Waals surface area contributed by atoms with Gasteiger partial charge in [0.25, 0.3) is 0 Å². The Morgan fingerprint density at radius 3 is 2.37 bits per heavy atom. The van der Waals surface area contributed by atoms with Crippen LogP contribution in [0.4, 0.5) is 11.6 Å². The molecule has 0 fully saturated rings. The molecular weight excluding hydrogens is 328 g/mol. The van der Waals surface area contributed by atoms with Gasteiger partial charge in [0.2, 0.25) is 0 Å². The van der Waals surface area contributed by atoms with Crippen LogP contribution >= 0.6 is 27.7 Å². The number of nitrogens with zero attached hydrogens (tertiary/aromatic N) is 2. The van der Waals surface area contributed by atoms with Gasteiger partial charge >= 0.3 is 0 Å². The number of carbonyl (C=O) groups excluding carboxylic acids is 1. The fourth-order valence-electron chi connectivity index (χ4n) is 1.46. The van der Waals surface area contributed by atoms with Crippen LogP contribution < -0.4 is 11.5 Å². The highest BCUT2D eigenvalue weighted by Crippen LogP contribution is 2.30. The summed E-state index contributed by atoms with van der Waals surface area (Å²) in [6.45, 7) is 1.52. The lowest BCUT2D eigenvalue weighted by molar-refractivity contribution is 0.101. The minimum absolute atomic E-state index is 0.00729. The highest BCUT2D eigenvalue weighted by atomic mass is 79.9. The first-order chi connectivity index (χ1) is 8.95. The molecule has 5 nitrogen and oxygen atoms in total. The zero-order chi connectivity index (χ0) is 14.0. The second-order valence-corrected chi connectivity index (χ2v) is 5.70. The molecule has 2 rings (SSSR count). The van der Waals surface area contributed by atoms with Crippen molar-refractivity contribution in [2.24, 2.45) is 0 Å². The van der Waals surface area contributed by atoms with Crippen LogP contribution in [0.5, 0.6) is 0 Å². The second-order valence-electron chi connectivity index (χ2n) is 3.80. The molecule has 2 aromatic rings. The number of hydrogen-bond donors (Lipinski definition) is 2. The molecule has 0 aliphatic carbocycles. The van der Waals surface area contributed by atoms with Gasteiger partial charge in [0.15, 0.2) is 10.9 Å². The number of ketones is 1. The summed E-state index contributed by atoms with van der Waals surface area (Å²) in [5.74, 6) is 0.664. The van der Waals surface area contributed by atoms with Crippen molar-refractivity contribution >= 4 is 45.1 Å². The van der Waals surface area contributed by atoms with Crippen LogP contribution in [0.15, 0.2) is 38.8 Å². The first-order valence-electron chi connectivity index (χ1n) is 5.34. The number of Topliss-reactive ketones (excluding diaryl/α,β-unsaturated/α-hetero) is 1. The summed E-state index contributed by atoms with van der Waals surface area (Å²) in [7, 11) is 0. The van der Waals surface area contributed by atoms with Crippen LogP contribution in [0.25, 0.3) is 0 Å². The van der Waals surface area contributed by atoms with Gasteiger partial charge in [-0.25, -0.2) is 9.97 Å². The number of halogens is 1. The summed E-state index contributed by atoms with van der Waals surface area (Å²) in [5.41, 5.74) is 11.9. The van der Waals surface area contributed by atoms with E-state index in [1.54, 1.807) is 6.07 Å². The Balaban J connectivity index is 2.28. The lowest BCUT2D eigenvalue weighted by Gasteiger charge is -2.05. The van der Waals surface area contributed by atoms with E-state index in [9.17, 15) is 4.79 Å². The predicted octanol–water partition coefficient (Wildman–Crippen LogP) is 2.76. The summed E-state index contributed by atoms with van der Waals surface area (Å²) in [6, 6.07) is 6.92. The smallest absolute Gasteiger partial charge is 0.196 e. The number of nitrogen functional groups attached to an aromatic ring is 2. The standard InChI is InChI=1S/C12H11BrN4OS/c1-6(18)8-3-2-7(4-9(8)13)19-12-16-10(14)5-11(15)17-12/h2-5H,1H3,(H4,14,15,16,17). The molecule has 0 spiro atoms. The average Bonchev–Trinajstić information content (AvgIpc) is 2.26. The van der Waals surface area contributed by atoms with E-state index in [-0.39, 0.29) is 5.78 Å². The Morgan fingerprint density at radius 2 is 1.84 bits per heavy atom. The summed E-state index contributed by atoms with van der Waals surface area (Å²) in [5, 5.41) is 0.472. The molecule has 1 aromatic carbocycles. The molecule has 0 bridgehead atoms. The van der Waals surface area contributed by atoms with Gasteiger partial charge in [-0.3, -0.25) is 4.79 Å². The number of rotatable bonds is 3. The molecule has 1 aromatic heterocycles. The molecule has 0 radical (unpaired) electrons. The lowest BCUT2D eigenvalue weighted by Crippen LogP contribution is -1.99. The molecule has 98 valence electrons. The molecule has 0 saturated heterocycles. The molecule has 0 aliphatic heterocycles. The van der Waals surface area contributed by atoms with Crippen molar-refractivity contribution in [1.82, 2.24) is 9.97 Å². The largest absolute Gasteiger partial charge is 0.383 e. The van der Waals surface area contributed by atoms with Gasteiger partial charge in [0.1, 0.15) is 11.6 Å². The van der Waals surface area contributed by atoms with Gasteiger partial charge in [-0.2, -0.15) is 0 Å². The monoisotopic (exact) mass is 338 g/mol. The Morgan fingerprint density at radius 1 is 1.21 bits per heavy atom. The normalized spacial score (nSPS) is 10.4. The van der Waals surface area contributed by atoms with Crippen molar-refractivity contribution in [3.63, 3.8) is 0 Å².